The first-order valence-corrected chi connectivity index (χ1v) is 19.8. The second-order valence-corrected chi connectivity index (χ2v) is 17.1. The Bertz CT molecular complexity index is 2900. The largest absolute Gasteiger partial charge is 2.00 e. The molecule has 0 N–H and O–H groups in total. The van der Waals surface area contributed by atoms with Gasteiger partial charge in [0.1, 0.15) is 0 Å². The van der Waals surface area contributed by atoms with E-state index < -0.39 is 0 Å². The summed E-state index contributed by atoms with van der Waals surface area (Å²) in [6.07, 6.45) is 3.82. The third kappa shape index (κ3) is 7.60. The maximum atomic E-state index is 5.60. The van der Waals surface area contributed by atoms with Crippen LogP contribution in [0.2, 0.25) is 0 Å². The maximum absolute atomic E-state index is 5.60. The molecule has 0 spiro atoms. The molecule has 0 saturated carbocycles. The molecule has 4 heteroatoms. The molecule has 0 fully saturated rings. The van der Waals surface area contributed by atoms with Crippen molar-refractivity contribution in [1.29, 1.82) is 0 Å². The number of benzene rings is 6. The molecule has 0 amide bonds. The zero-order valence-corrected chi connectivity index (χ0v) is 36.0. The van der Waals surface area contributed by atoms with Gasteiger partial charge in [-0.25, -0.2) is 0 Å². The van der Waals surface area contributed by atoms with Crippen LogP contribution >= 0.6 is 0 Å². The fraction of sp³-hybridized carbons (Fsp3) is 0.148. The van der Waals surface area contributed by atoms with Crippen LogP contribution in [0.1, 0.15) is 52.7 Å². The van der Waals surface area contributed by atoms with E-state index in [-0.39, 0.29) is 31.9 Å². The molecule has 0 unspecified atom stereocenters. The van der Waals surface area contributed by atoms with E-state index in [2.05, 4.69) is 193 Å². The average Bonchev–Trinajstić information content (AvgIpc) is 3.62. The van der Waals surface area contributed by atoms with Crippen molar-refractivity contribution in [3.8, 4) is 67.0 Å². The Kier molecular flexibility index (Phi) is 10.4. The minimum absolute atomic E-state index is 0. The van der Waals surface area contributed by atoms with Gasteiger partial charge in [-0.15, -0.1) is 29.3 Å². The summed E-state index contributed by atoms with van der Waals surface area (Å²) in [7, 11) is 0. The first-order chi connectivity index (χ1) is 27.5. The second kappa shape index (κ2) is 15.5. The Morgan fingerprint density at radius 3 is 1.36 bits per heavy atom. The van der Waals surface area contributed by atoms with Crippen LogP contribution in [0.15, 0.2) is 164 Å². The number of aromatic nitrogens is 3. The SMILES string of the molecule is CC(C)(C)c1cc(-c2[c-]c(-c3cc(-c4ccccc4)ccn3)cc(-c3ccccc3)c2)c2[n-]c3c(-c4cc(-c5ccccc5)ccn4)cc(C(C)(C)C)cc3c2c1.[Pt+2]. The first kappa shape index (κ1) is 39.0. The second-order valence-electron chi connectivity index (χ2n) is 17.1. The van der Waals surface area contributed by atoms with Crippen LogP contribution in [-0.2, 0) is 31.9 Å². The number of hydrogen-bond donors (Lipinski definition) is 0. The monoisotopic (exact) mass is 930 g/mol. The van der Waals surface area contributed by atoms with Crippen molar-refractivity contribution >= 4 is 21.8 Å². The molecule has 0 radical (unpaired) electrons. The van der Waals surface area contributed by atoms with Crippen LogP contribution in [0.25, 0.3) is 88.8 Å². The predicted octanol–water partition coefficient (Wildman–Crippen LogP) is 14.1. The van der Waals surface area contributed by atoms with Gasteiger partial charge in [-0.1, -0.05) is 180 Å². The molecular weight excluding hydrogens is 886 g/mol. The van der Waals surface area contributed by atoms with Gasteiger partial charge in [-0.3, -0.25) is 9.97 Å². The van der Waals surface area contributed by atoms with Crippen LogP contribution in [0.5, 0.6) is 0 Å². The molecule has 0 aliphatic rings. The summed E-state index contributed by atoms with van der Waals surface area (Å²) in [4.78, 5) is 15.5. The van der Waals surface area contributed by atoms with Gasteiger partial charge in [0, 0.05) is 18.1 Å². The van der Waals surface area contributed by atoms with E-state index in [9.17, 15) is 0 Å². The molecule has 0 aliphatic heterocycles. The van der Waals surface area contributed by atoms with Crippen molar-refractivity contribution in [1.82, 2.24) is 15.0 Å². The summed E-state index contributed by atoms with van der Waals surface area (Å²) in [5.41, 5.74) is 16.8. The third-order valence-corrected chi connectivity index (χ3v) is 11.0. The fourth-order valence-corrected chi connectivity index (χ4v) is 7.73. The predicted molar refractivity (Wildman–Crippen MR) is 239 cm³/mol. The molecule has 3 heterocycles. The van der Waals surface area contributed by atoms with Crippen molar-refractivity contribution in [3.63, 3.8) is 0 Å². The number of pyridine rings is 2. The molecule has 286 valence electrons. The summed E-state index contributed by atoms with van der Waals surface area (Å²) in [6.45, 7) is 13.7. The van der Waals surface area contributed by atoms with E-state index in [0.29, 0.717) is 0 Å². The van der Waals surface area contributed by atoms with Crippen molar-refractivity contribution in [2.75, 3.05) is 0 Å². The van der Waals surface area contributed by atoms with E-state index in [1.165, 1.54) is 11.1 Å². The van der Waals surface area contributed by atoms with Gasteiger partial charge in [0.15, 0.2) is 0 Å². The van der Waals surface area contributed by atoms with Crippen LogP contribution < -0.4 is 4.98 Å². The number of nitrogens with zero attached hydrogens (tertiary/aromatic N) is 3. The minimum atomic E-state index is -0.117. The smallest absolute Gasteiger partial charge is 0.662 e. The van der Waals surface area contributed by atoms with E-state index >= 15 is 0 Å². The molecule has 9 rings (SSSR count). The quantitative estimate of drug-likeness (QED) is 0.156. The van der Waals surface area contributed by atoms with Gasteiger partial charge >= 0.3 is 21.1 Å². The fourth-order valence-electron chi connectivity index (χ4n) is 7.73. The van der Waals surface area contributed by atoms with E-state index in [1.807, 2.05) is 18.5 Å². The Balaban J connectivity index is 0.00000469. The van der Waals surface area contributed by atoms with E-state index in [0.717, 1.165) is 88.8 Å². The molecule has 58 heavy (non-hydrogen) atoms. The number of rotatable bonds is 6. The van der Waals surface area contributed by atoms with E-state index in [4.69, 9.17) is 15.0 Å². The van der Waals surface area contributed by atoms with E-state index in [1.54, 1.807) is 0 Å². The van der Waals surface area contributed by atoms with Crippen molar-refractivity contribution in [3.05, 3.63) is 181 Å². The van der Waals surface area contributed by atoms with Crippen LogP contribution in [0.4, 0.5) is 0 Å². The molecule has 0 atom stereocenters. The zero-order valence-electron chi connectivity index (χ0n) is 33.7. The number of hydrogen-bond acceptors (Lipinski definition) is 2. The molecule has 6 aromatic carbocycles. The first-order valence-electron chi connectivity index (χ1n) is 19.8. The van der Waals surface area contributed by atoms with Crippen LogP contribution in [0.3, 0.4) is 0 Å². The van der Waals surface area contributed by atoms with Gasteiger partial charge in [-0.05, 0) is 84.3 Å². The van der Waals surface area contributed by atoms with Gasteiger partial charge < -0.3 is 4.98 Å². The third-order valence-electron chi connectivity index (χ3n) is 11.0. The Labute approximate surface area is 356 Å². The summed E-state index contributed by atoms with van der Waals surface area (Å²) < 4.78 is 0. The topological polar surface area (TPSA) is 39.9 Å². The Morgan fingerprint density at radius 1 is 0.414 bits per heavy atom. The average molecular weight is 931 g/mol. The van der Waals surface area contributed by atoms with Gasteiger partial charge in [-0.2, -0.15) is 5.52 Å². The van der Waals surface area contributed by atoms with Gasteiger partial charge in [0.25, 0.3) is 0 Å². The molecule has 0 saturated heterocycles. The summed E-state index contributed by atoms with van der Waals surface area (Å²) in [5, 5.41) is 2.28. The van der Waals surface area contributed by atoms with Crippen molar-refractivity contribution in [2.24, 2.45) is 0 Å². The normalized spacial score (nSPS) is 11.8. The molecular formula is C54H45N3Pt. The molecule has 0 bridgehead atoms. The van der Waals surface area contributed by atoms with Gasteiger partial charge in [0.05, 0.1) is 5.69 Å². The zero-order chi connectivity index (χ0) is 39.3. The number of fused-ring (bicyclic) bond motifs is 3. The molecule has 0 aliphatic carbocycles. The summed E-state index contributed by atoms with van der Waals surface area (Å²) >= 11 is 0. The van der Waals surface area contributed by atoms with Crippen LogP contribution in [0, 0.1) is 6.07 Å². The summed E-state index contributed by atoms with van der Waals surface area (Å²) in [5.74, 6) is 0. The molecule has 9 aromatic rings. The van der Waals surface area contributed by atoms with Crippen LogP contribution in [-0.4, -0.2) is 9.97 Å². The molecule has 3 aromatic heterocycles. The Morgan fingerprint density at radius 2 is 0.845 bits per heavy atom. The maximum Gasteiger partial charge on any atom is 2.00 e. The standard InChI is InChI=1S/C54H45N3.Pt/c1-53(2,3)43-31-45(41-26-40(37-20-14-9-15-21-37)27-42(28-41)49-29-38(22-24-55-49)35-16-10-7-11-17-35)51-46(32-43)47-33-44(54(4,5)6)34-48(52(47)57-51)50-30-39(23-25-56-50)36-18-12-8-13-19-36;/h7-27,29-34H,1-6H3;/q-2;+2. The molecule has 3 nitrogen and oxygen atoms in total. The summed E-state index contributed by atoms with van der Waals surface area (Å²) in [6, 6.07) is 57.9. The van der Waals surface area contributed by atoms with Crippen molar-refractivity contribution < 1.29 is 21.1 Å². The minimum Gasteiger partial charge on any atom is -0.662 e. The van der Waals surface area contributed by atoms with Gasteiger partial charge in [0.2, 0.25) is 0 Å². The van der Waals surface area contributed by atoms with Crippen molar-refractivity contribution in [2.45, 2.75) is 52.4 Å². The Hall–Kier alpha value is -5.89.